The predicted octanol–water partition coefficient (Wildman–Crippen LogP) is 3.73. The van der Waals surface area contributed by atoms with Crippen LogP contribution in [-0.2, 0) is 4.79 Å². The molecular formula is C28H35N7O2. The molecule has 3 heterocycles. The SMILES string of the molecule is CCN1CCN(c2ccc(Nc3nccc(-c4ccc(NC(=O)[C@@H]5CCCN5)cc4)n3)cc2OC)CC1. The van der Waals surface area contributed by atoms with Gasteiger partial charge in [0.15, 0.2) is 0 Å². The van der Waals surface area contributed by atoms with Crippen molar-refractivity contribution < 1.29 is 9.53 Å². The number of methoxy groups -OCH3 is 1. The average Bonchev–Trinajstić information content (AvgIpc) is 3.49. The third-order valence-electron chi connectivity index (χ3n) is 7.08. The van der Waals surface area contributed by atoms with E-state index in [9.17, 15) is 4.79 Å². The van der Waals surface area contributed by atoms with Crippen molar-refractivity contribution in [2.75, 3.05) is 61.9 Å². The Labute approximate surface area is 218 Å². The highest BCUT2D eigenvalue weighted by Crippen LogP contribution is 2.33. The van der Waals surface area contributed by atoms with E-state index in [1.54, 1.807) is 13.3 Å². The van der Waals surface area contributed by atoms with Gasteiger partial charge < -0.3 is 30.5 Å². The number of ether oxygens (including phenoxy) is 1. The molecule has 3 aromatic rings. The van der Waals surface area contributed by atoms with Crippen LogP contribution in [0.4, 0.5) is 23.0 Å². The largest absolute Gasteiger partial charge is 0.495 e. The van der Waals surface area contributed by atoms with Crippen molar-refractivity contribution in [1.82, 2.24) is 20.2 Å². The van der Waals surface area contributed by atoms with Gasteiger partial charge in [-0.05, 0) is 56.3 Å². The number of carbonyl (C=O) groups is 1. The number of benzene rings is 2. The van der Waals surface area contributed by atoms with Crippen molar-refractivity contribution in [3.05, 3.63) is 54.7 Å². The molecule has 0 aliphatic carbocycles. The first-order chi connectivity index (χ1) is 18.1. The van der Waals surface area contributed by atoms with E-state index in [0.29, 0.717) is 5.95 Å². The summed E-state index contributed by atoms with van der Waals surface area (Å²) < 4.78 is 5.72. The Morgan fingerprint density at radius 1 is 1.08 bits per heavy atom. The van der Waals surface area contributed by atoms with Gasteiger partial charge in [0, 0.05) is 55.4 Å². The van der Waals surface area contributed by atoms with Crippen molar-refractivity contribution >= 4 is 28.9 Å². The molecule has 0 unspecified atom stereocenters. The van der Waals surface area contributed by atoms with Gasteiger partial charge in [-0.3, -0.25) is 4.79 Å². The molecule has 0 bridgehead atoms. The lowest BCUT2D eigenvalue weighted by atomic mass is 10.1. The van der Waals surface area contributed by atoms with Gasteiger partial charge in [-0.2, -0.15) is 0 Å². The van der Waals surface area contributed by atoms with E-state index >= 15 is 0 Å². The molecule has 9 heteroatoms. The quantitative estimate of drug-likeness (QED) is 0.430. The molecule has 37 heavy (non-hydrogen) atoms. The van der Waals surface area contributed by atoms with E-state index in [1.165, 1.54) is 0 Å². The molecule has 0 saturated carbocycles. The number of hydrogen-bond acceptors (Lipinski definition) is 8. The molecule has 2 saturated heterocycles. The number of piperazine rings is 1. The van der Waals surface area contributed by atoms with Gasteiger partial charge in [0.25, 0.3) is 0 Å². The third-order valence-corrected chi connectivity index (χ3v) is 7.08. The lowest BCUT2D eigenvalue weighted by Gasteiger charge is -2.36. The van der Waals surface area contributed by atoms with Crippen LogP contribution in [0.15, 0.2) is 54.7 Å². The lowest BCUT2D eigenvalue weighted by molar-refractivity contribution is -0.117. The molecule has 1 amide bonds. The molecular weight excluding hydrogens is 466 g/mol. The summed E-state index contributed by atoms with van der Waals surface area (Å²) in [5.74, 6) is 1.36. The molecule has 194 valence electrons. The first-order valence-electron chi connectivity index (χ1n) is 13.0. The van der Waals surface area contributed by atoms with Crippen LogP contribution in [0.25, 0.3) is 11.3 Å². The van der Waals surface area contributed by atoms with E-state index < -0.39 is 0 Å². The number of nitrogens with zero attached hydrogens (tertiary/aromatic N) is 4. The zero-order valence-corrected chi connectivity index (χ0v) is 21.5. The van der Waals surface area contributed by atoms with Crippen molar-refractivity contribution in [3.63, 3.8) is 0 Å². The minimum Gasteiger partial charge on any atom is -0.495 e. The Kier molecular flexibility index (Phi) is 7.82. The zero-order chi connectivity index (χ0) is 25.6. The van der Waals surface area contributed by atoms with Crippen LogP contribution in [0.3, 0.4) is 0 Å². The Bertz CT molecular complexity index is 1200. The molecule has 2 fully saturated rings. The molecule has 5 rings (SSSR count). The maximum Gasteiger partial charge on any atom is 0.241 e. The number of carbonyl (C=O) groups excluding carboxylic acids is 1. The van der Waals surface area contributed by atoms with Crippen LogP contribution < -0.4 is 25.6 Å². The number of anilines is 4. The van der Waals surface area contributed by atoms with E-state index in [2.05, 4.69) is 43.7 Å². The normalized spacial score (nSPS) is 18.0. The fourth-order valence-electron chi connectivity index (χ4n) is 4.89. The van der Waals surface area contributed by atoms with E-state index in [-0.39, 0.29) is 11.9 Å². The molecule has 2 aliphatic heterocycles. The molecule has 1 atom stereocenters. The second-order valence-electron chi connectivity index (χ2n) is 9.41. The van der Waals surface area contributed by atoms with Gasteiger partial charge in [0.05, 0.1) is 24.5 Å². The molecule has 9 nitrogen and oxygen atoms in total. The maximum absolute atomic E-state index is 12.4. The standard InChI is InChI=1S/C28H35N7O2/c1-3-34-15-17-35(18-16-34)25-11-10-22(19-26(25)37-2)32-28-30-14-12-23(33-28)20-6-8-21(9-7-20)31-27(36)24-5-4-13-29-24/h6-12,14,19,24,29H,3-5,13,15-18H2,1-2H3,(H,31,36)(H,30,32,33)/t24-/m0/s1. The van der Waals surface area contributed by atoms with Crippen molar-refractivity contribution in [2.24, 2.45) is 0 Å². The number of nitrogens with one attached hydrogen (secondary N) is 3. The maximum atomic E-state index is 12.4. The topological polar surface area (TPSA) is 94.7 Å². The highest BCUT2D eigenvalue weighted by atomic mass is 16.5. The Balaban J connectivity index is 1.25. The van der Waals surface area contributed by atoms with Crippen LogP contribution in [0.2, 0.25) is 0 Å². The van der Waals surface area contributed by atoms with Crippen molar-refractivity contribution in [2.45, 2.75) is 25.8 Å². The van der Waals surface area contributed by atoms with Gasteiger partial charge >= 0.3 is 0 Å². The molecule has 2 aliphatic rings. The van der Waals surface area contributed by atoms with Crippen LogP contribution in [0.5, 0.6) is 5.75 Å². The van der Waals surface area contributed by atoms with Crippen molar-refractivity contribution in [3.8, 4) is 17.0 Å². The van der Waals surface area contributed by atoms with E-state index in [0.717, 1.165) is 86.2 Å². The Morgan fingerprint density at radius 2 is 1.86 bits per heavy atom. The summed E-state index contributed by atoms with van der Waals surface area (Å²) in [6.45, 7) is 8.29. The van der Waals surface area contributed by atoms with Crippen LogP contribution in [0.1, 0.15) is 19.8 Å². The van der Waals surface area contributed by atoms with Crippen LogP contribution >= 0.6 is 0 Å². The van der Waals surface area contributed by atoms with E-state index in [4.69, 9.17) is 9.72 Å². The lowest BCUT2D eigenvalue weighted by Crippen LogP contribution is -2.46. The molecule has 0 radical (unpaired) electrons. The second kappa shape index (κ2) is 11.6. The van der Waals surface area contributed by atoms with Crippen LogP contribution in [-0.4, -0.2) is 73.2 Å². The van der Waals surface area contributed by atoms with Gasteiger partial charge in [-0.25, -0.2) is 9.97 Å². The smallest absolute Gasteiger partial charge is 0.241 e. The summed E-state index contributed by atoms with van der Waals surface area (Å²) in [6.07, 6.45) is 3.66. The summed E-state index contributed by atoms with van der Waals surface area (Å²) in [5.41, 5.74) is 4.49. The van der Waals surface area contributed by atoms with Gasteiger partial charge in [-0.1, -0.05) is 19.1 Å². The highest BCUT2D eigenvalue weighted by molar-refractivity contribution is 5.95. The molecule has 0 spiro atoms. The first-order valence-corrected chi connectivity index (χ1v) is 13.0. The fraction of sp³-hybridized carbons (Fsp3) is 0.393. The monoisotopic (exact) mass is 501 g/mol. The third kappa shape index (κ3) is 6.00. The van der Waals surface area contributed by atoms with Gasteiger partial charge in [0.1, 0.15) is 5.75 Å². The number of hydrogen-bond donors (Lipinski definition) is 3. The molecule has 2 aromatic carbocycles. The Morgan fingerprint density at radius 3 is 2.57 bits per heavy atom. The number of aromatic nitrogens is 2. The summed E-state index contributed by atoms with van der Waals surface area (Å²) in [5, 5.41) is 9.52. The van der Waals surface area contributed by atoms with Crippen LogP contribution in [0, 0.1) is 0 Å². The fourth-order valence-corrected chi connectivity index (χ4v) is 4.89. The van der Waals surface area contributed by atoms with Gasteiger partial charge in [-0.15, -0.1) is 0 Å². The molecule has 1 aromatic heterocycles. The summed E-state index contributed by atoms with van der Waals surface area (Å²) >= 11 is 0. The van der Waals surface area contributed by atoms with Crippen molar-refractivity contribution in [1.29, 1.82) is 0 Å². The predicted molar refractivity (Wildman–Crippen MR) is 148 cm³/mol. The number of amides is 1. The summed E-state index contributed by atoms with van der Waals surface area (Å²) in [4.78, 5) is 26.3. The second-order valence-corrected chi connectivity index (χ2v) is 9.41. The summed E-state index contributed by atoms with van der Waals surface area (Å²) in [6, 6.07) is 15.6. The minimum absolute atomic E-state index is 0.0171. The Hall–Kier alpha value is -3.69. The average molecular weight is 502 g/mol. The minimum atomic E-state index is -0.103. The number of likely N-dealkylation sites (N-methyl/N-ethyl adjacent to an activating group) is 1. The van der Waals surface area contributed by atoms with Gasteiger partial charge in [0.2, 0.25) is 11.9 Å². The van der Waals surface area contributed by atoms with E-state index in [1.807, 2.05) is 42.5 Å². The molecule has 3 N–H and O–H groups in total. The first kappa shape index (κ1) is 25.0. The number of rotatable bonds is 8. The highest BCUT2D eigenvalue weighted by Gasteiger charge is 2.22. The summed E-state index contributed by atoms with van der Waals surface area (Å²) in [7, 11) is 1.71. The zero-order valence-electron chi connectivity index (χ0n) is 21.5.